The highest BCUT2D eigenvalue weighted by Crippen LogP contribution is 2.34. The number of amides is 2. The van der Waals surface area contributed by atoms with Gasteiger partial charge in [-0.3, -0.25) is 14.5 Å². The van der Waals surface area contributed by atoms with Crippen molar-refractivity contribution < 1.29 is 19.8 Å². The number of hydrogen-bond acceptors (Lipinski definition) is 6. The van der Waals surface area contributed by atoms with Crippen molar-refractivity contribution in [2.45, 2.75) is 6.42 Å². The van der Waals surface area contributed by atoms with Crippen molar-refractivity contribution in [3.63, 3.8) is 0 Å². The Morgan fingerprint density at radius 1 is 1.21 bits per heavy atom. The number of nitrogens with zero attached hydrogens (tertiary/aromatic N) is 1. The Morgan fingerprint density at radius 2 is 1.93 bits per heavy atom. The van der Waals surface area contributed by atoms with Crippen LogP contribution in [0.15, 0.2) is 47.4 Å². The minimum atomic E-state index is -0.327. The van der Waals surface area contributed by atoms with Gasteiger partial charge in [0.2, 0.25) is 5.91 Å². The Hall–Kier alpha value is -2.55. The summed E-state index contributed by atoms with van der Waals surface area (Å²) in [6.07, 6.45) is 1.58. The third-order valence-corrected chi connectivity index (χ3v) is 5.48. The van der Waals surface area contributed by atoms with E-state index in [1.165, 1.54) is 29.2 Å². The van der Waals surface area contributed by atoms with E-state index in [0.717, 1.165) is 11.8 Å². The van der Waals surface area contributed by atoms with Gasteiger partial charge in [0.1, 0.15) is 15.8 Å². The largest absolute Gasteiger partial charge is 0.508 e. The van der Waals surface area contributed by atoms with Crippen LogP contribution in [0.3, 0.4) is 0 Å². The summed E-state index contributed by atoms with van der Waals surface area (Å²) in [6, 6.07) is 10.6. The van der Waals surface area contributed by atoms with Crippen LogP contribution in [-0.2, 0) is 9.59 Å². The van der Waals surface area contributed by atoms with Crippen molar-refractivity contribution in [3.8, 4) is 11.5 Å². The first kappa shape index (κ1) is 20.2. The molecule has 0 atom stereocenters. The molecule has 3 N–H and O–H groups in total. The number of anilines is 1. The Kier molecular flexibility index (Phi) is 6.23. The number of phenols is 2. The van der Waals surface area contributed by atoms with Crippen LogP contribution in [-0.4, -0.2) is 37.8 Å². The van der Waals surface area contributed by atoms with Crippen LogP contribution in [0.4, 0.5) is 5.69 Å². The van der Waals surface area contributed by atoms with Crippen LogP contribution >= 0.6 is 35.6 Å². The van der Waals surface area contributed by atoms with E-state index in [4.69, 9.17) is 23.8 Å². The molecule has 0 aliphatic carbocycles. The van der Waals surface area contributed by atoms with Gasteiger partial charge in [-0.15, -0.1) is 0 Å². The van der Waals surface area contributed by atoms with Gasteiger partial charge in [0.15, 0.2) is 0 Å². The monoisotopic (exact) mass is 434 g/mol. The molecule has 1 fully saturated rings. The van der Waals surface area contributed by atoms with Gasteiger partial charge in [0.05, 0.1) is 4.91 Å². The summed E-state index contributed by atoms with van der Waals surface area (Å²) in [7, 11) is 0. The number of thioether (sulfide) groups is 1. The van der Waals surface area contributed by atoms with Gasteiger partial charge >= 0.3 is 0 Å². The smallest absolute Gasteiger partial charge is 0.266 e. The molecule has 28 heavy (non-hydrogen) atoms. The molecule has 1 heterocycles. The van der Waals surface area contributed by atoms with Gasteiger partial charge in [0.25, 0.3) is 5.91 Å². The highest BCUT2D eigenvalue weighted by molar-refractivity contribution is 8.26. The number of thiocarbonyl (C=S) groups is 1. The number of halogens is 1. The number of rotatable bonds is 5. The summed E-state index contributed by atoms with van der Waals surface area (Å²) in [5.41, 5.74) is 0.961. The number of carbonyl (C=O) groups excluding carboxylic acids is 2. The first-order chi connectivity index (χ1) is 13.3. The van der Waals surface area contributed by atoms with E-state index in [9.17, 15) is 19.8 Å². The molecule has 1 aliphatic rings. The fraction of sp³-hybridized carbons (Fsp3) is 0.105. The first-order valence-corrected chi connectivity index (χ1v) is 9.76. The van der Waals surface area contributed by atoms with Crippen molar-refractivity contribution in [3.05, 3.63) is 58.0 Å². The highest BCUT2D eigenvalue weighted by atomic mass is 35.5. The van der Waals surface area contributed by atoms with Crippen molar-refractivity contribution in [1.82, 2.24) is 4.90 Å². The van der Waals surface area contributed by atoms with Gasteiger partial charge in [-0.2, -0.15) is 0 Å². The molecule has 1 saturated heterocycles. The molecule has 2 amide bonds. The lowest BCUT2D eigenvalue weighted by atomic mass is 10.2. The molecule has 0 saturated carbocycles. The quantitative estimate of drug-likeness (QED) is 0.374. The van der Waals surface area contributed by atoms with E-state index in [-0.39, 0.29) is 36.3 Å². The third-order valence-electron chi connectivity index (χ3n) is 3.86. The van der Waals surface area contributed by atoms with E-state index in [1.807, 2.05) is 0 Å². The van der Waals surface area contributed by atoms with Crippen molar-refractivity contribution in [2.24, 2.45) is 0 Å². The zero-order valence-corrected chi connectivity index (χ0v) is 16.8. The predicted molar refractivity (Wildman–Crippen MR) is 114 cm³/mol. The van der Waals surface area contributed by atoms with Gasteiger partial charge in [-0.05, 0) is 48.5 Å². The second-order valence-electron chi connectivity index (χ2n) is 5.88. The first-order valence-electron chi connectivity index (χ1n) is 8.16. The zero-order chi connectivity index (χ0) is 20.3. The van der Waals surface area contributed by atoms with Crippen molar-refractivity contribution in [2.75, 3.05) is 11.9 Å². The second kappa shape index (κ2) is 8.64. The Labute approximate surface area is 175 Å². The van der Waals surface area contributed by atoms with Crippen LogP contribution in [0.2, 0.25) is 5.02 Å². The number of aromatic hydroxyl groups is 2. The second-order valence-corrected chi connectivity index (χ2v) is 7.99. The number of nitrogens with one attached hydrogen (secondary N) is 1. The maximum atomic E-state index is 12.6. The molecule has 0 spiro atoms. The van der Waals surface area contributed by atoms with Crippen molar-refractivity contribution in [1.29, 1.82) is 0 Å². The Bertz CT molecular complexity index is 976. The molecular formula is C19H15ClN2O4S2. The molecule has 0 radical (unpaired) electrons. The van der Waals surface area contributed by atoms with Crippen LogP contribution in [0.1, 0.15) is 12.0 Å². The van der Waals surface area contributed by atoms with Crippen LogP contribution < -0.4 is 5.32 Å². The molecule has 2 aromatic carbocycles. The fourth-order valence-corrected chi connectivity index (χ4v) is 3.94. The van der Waals surface area contributed by atoms with E-state index in [0.29, 0.717) is 25.5 Å². The maximum Gasteiger partial charge on any atom is 0.266 e. The number of carbonyl (C=O) groups is 2. The topological polar surface area (TPSA) is 89.9 Å². The molecule has 2 aromatic rings. The molecular weight excluding hydrogens is 420 g/mol. The van der Waals surface area contributed by atoms with Gasteiger partial charge in [-0.25, -0.2) is 0 Å². The molecule has 0 aromatic heterocycles. The van der Waals surface area contributed by atoms with E-state index in [2.05, 4.69) is 5.32 Å². The molecule has 144 valence electrons. The van der Waals surface area contributed by atoms with Crippen LogP contribution in [0.5, 0.6) is 11.5 Å². The standard InChI is InChI=1S/C19H15ClN2O4S2/c20-12-1-6-15(24)11(9-12)10-16-18(26)22(19(27)28-16)8-7-17(25)21-13-2-4-14(23)5-3-13/h1-6,9-10,23-24H,7-8H2,(H,21,25)/b16-10-. The van der Waals surface area contributed by atoms with Gasteiger partial charge < -0.3 is 15.5 Å². The molecule has 0 bridgehead atoms. The zero-order valence-electron chi connectivity index (χ0n) is 14.4. The average molecular weight is 435 g/mol. The van der Waals surface area contributed by atoms with Crippen molar-refractivity contribution >= 4 is 63.5 Å². The van der Waals surface area contributed by atoms with E-state index < -0.39 is 0 Å². The lowest BCUT2D eigenvalue weighted by Crippen LogP contribution is -2.31. The Morgan fingerprint density at radius 3 is 2.64 bits per heavy atom. The minimum Gasteiger partial charge on any atom is -0.508 e. The lowest BCUT2D eigenvalue weighted by Gasteiger charge is -2.14. The molecule has 1 aliphatic heterocycles. The SMILES string of the molecule is O=C(CCN1C(=O)/C(=C/c2cc(Cl)ccc2O)SC1=S)Nc1ccc(O)cc1. The summed E-state index contributed by atoms with van der Waals surface area (Å²) < 4.78 is 0.343. The normalized spacial score (nSPS) is 15.3. The third kappa shape index (κ3) is 4.83. The molecule has 9 heteroatoms. The van der Waals surface area contributed by atoms with E-state index in [1.54, 1.807) is 24.3 Å². The maximum absolute atomic E-state index is 12.6. The summed E-state index contributed by atoms with van der Waals surface area (Å²) in [5, 5.41) is 22.3. The molecule has 6 nitrogen and oxygen atoms in total. The Balaban J connectivity index is 1.63. The van der Waals surface area contributed by atoms with E-state index >= 15 is 0 Å². The molecule has 3 rings (SSSR count). The lowest BCUT2D eigenvalue weighted by molar-refractivity contribution is -0.122. The van der Waals surface area contributed by atoms with Crippen LogP contribution in [0.25, 0.3) is 6.08 Å². The average Bonchev–Trinajstić information content (AvgIpc) is 2.91. The highest BCUT2D eigenvalue weighted by Gasteiger charge is 2.32. The van der Waals surface area contributed by atoms with Gasteiger partial charge in [0, 0.05) is 29.2 Å². The van der Waals surface area contributed by atoms with Crippen LogP contribution in [0, 0.1) is 0 Å². The molecule has 0 unspecified atom stereocenters. The summed E-state index contributed by atoms with van der Waals surface area (Å²) in [4.78, 5) is 26.4. The number of phenolic OH excluding ortho intramolecular Hbond substituents is 2. The number of hydrogen-bond donors (Lipinski definition) is 3. The number of benzene rings is 2. The predicted octanol–water partition coefficient (Wildman–Crippen LogP) is 3.98. The summed E-state index contributed by atoms with van der Waals surface area (Å²) >= 11 is 12.3. The summed E-state index contributed by atoms with van der Waals surface area (Å²) in [5.74, 6) is -0.501. The minimum absolute atomic E-state index is 0.00273. The fourth-order valence-electron chi connectivity index (χ4n) is 2.46. The summed E-state index contributed by atoms with van der Waals surface area (Å²) in [6.45, 7) is 0.132. The van der Waals surface area contributed by atoms with Gasteiger partial charge in [-0.1, -0.05) is 35.6 Å².